The maximum atomic E-state index is 13.6. The van der Waals surface area contributed by atoms with E-state index in [9.17, 15) is 14.7 Å². The topological polar surface area (TPSA) is 73.7 Å². The lowest BCUT2D eigenvalue weighted by atomic mass is 9.93. The van der Waals surface area contributed by atoms with Gasteiger partial charge < -0.3 is 10.0 Å². The van der Waals surface area contributed by atoms with Crippen LogP contribution in [0.1, 0.15) is 33.9 Å². The molecule has 1 atom stereocenters. The number of benzene rings is 3. The first-order chi connectivity index (χ1) is 17.1. The summed E-state index contributed by atoms with van der Waals surface area (Å²) < 4.78 is 0. The van der Waals surface area contributed by atoms with Gasteiger partial charge in [-0.1, -0.05) is 84.9 Å². The summed E-state index contributed by atoms with van der Waals surface area (Å²) in [6, 6.07) is 27.6. The molecule has 6 heteroatoms. The molecule has 1 fully saturated rings. The number of carbonyl (C=O) groups excluding carboxylic acids is 1. The molecule has 176 valence electrons. The van der Waals surface area contributed by atoms with Crippen molar-refractivity contribution in [3.8, 4) is 0 Å². The highest BCUT2D eigenvalue weighted by molar-refractivity contribution is 6.06. The van der Waals surface area contributed by atoms with E-state index in [0.29, 0.717) is 25.2 Å². The summed E-state index contributed by atoms with van der Waals surface area (Å²) in [6.07, 6.45) is 3.31. The molecule has 35 heavy (non-hydrogen) atoms. The van der Waals surface area contributed by atoms with Crippen molar-refractivity contribution in [2.75, 3.05) is 19.6 Å². The number of nitrogens with zero attached hydrogens (tertiary/aromatic N) is 3. The van der Waals surface area contributed by atoms with Crippen LogP contribution < -0.4 is 0 Å². The molecule has 1 aromatic heterocycles. The van der Waals surface area contributed by atoms with Crippen LogP contribution in [0, 0.1) is 0 Å². The van der Waals surface area contributed by atoms with Gasteiger partial charge in [-0.2, -0.15) is 0 Å². The van der Waals surface area contributed by atoms with Crippen molar-refractivity contribution in [2.24, 2.45) is 0 Å². The molecule has 4 aromatic rings. The number of hydrogen-bond donors (Lipinski definition) is 1. The highest BCUT2D eigenvalue weighted by Gasteiger charge is 2.36. The SMILES string of the molecule is O=C(O)CC1CN(C(=O)c2cncc3ccccc23)CCN1C(c1ccccc1)c1ccccc1. The average Bonchev–Trinajstić information content (AvgIpc) is 2.90. The zero-order valence-corrected chi connectivity index (χ0v) is 19.3. The van der Waals surface area contributed by atoms with Crippen molar-refractivity contribution in [3.63, 3.8) is 0 Å². The molecule has 0 saturated carbocycles. The van der Waals surface area contributed by atoms with Gasteiger partial charge in [0.2, 0.25) is 0 Å². The largest absolute Gasteiger partial charge is 0.481 e. The fourth-order valence-electron chi connectivity index (χ4n) is 5.08. The van der Waals surface area contributed by atoms with Crippen LogP contribution in [0.2, 0.25) is 0 Å². The predicted octanol–water partition coefficient (Wildman–Crippen LogP) is 4.63. The molecule has 3 aromatic carbocycles. The first kappa shape index (κ1) is 22.7. The Kier molecular flexibility index (Phi) is 6.55. The van der Waals surface area contributed by atoms with E-state index in [4.69, 9.17) is 0 Å². The fraction of sp³-hybridized carbons (Fsp3) is 0.207. The summed E-state index contributed by atoms with van der Waals surface area (Å²) in [7, 11) is 0. The van der Waals surface area contributed by atoms with Crippen LogP contribution in [0.25, 0.3) is 10.8 Å². The van der Waals surface area contributed by atoms with Crippen LogP contribution in [0.15, 0.2) is 97.3 Å². The zero-order valence-electron chi connectivity index (χ0n) is 19.3. The van der Waals surface area contributed by atoms with Gasteiger partial charge in [0.05, 0.1) is 18.0 Å². The van der Waals surface area contributed by atoms with E-state index < -0.39 is 5.97 Å². The summed E-state index contributed by atoms with van der Waals surface area (Å²) >= 11 is 0. The maximum absolute atomic E-state index is 13.6. The molecule has 0 aliphatic carbocycles. The minimum atomic E-state index is -0.874. The van der Waals surface area contributed by atoms with E-state index in [-0.39, 0.29) is 24.4 Å². The lowest BCUT2D eigenvalue weighted by Crippen LogP contribution is -2.56. The van der Waals surface area contributed by atoms with Crippen LogP contribution >= 0.6 is 0 Å². The van der Waals surface area contributed by atoms with E-state index in [1.54, 1.807) is 17.3 Å². The third-order valence-corrected chi connectivity index (χ3v) is 6.69. The van der Waals surface area contributed by atoms with E-state index in [1.807, 2.05) is 60.7 Å². The molecule has 5 rings (SSSR count). The Balaban J connectivity index is 1.48. The first-order valence-corrected chi connectivity index (χ1v) is 11.8. The normalized spacial score (nSPS) is 16.5. The van der Waals surface area contributed by atoms with E-state index >= 15 is 0 Å². The molecule has 1 aliphatic rings. The smallest absolute Gasteiger partial charge is 0.305 e. The van der Waals surface area contributed by atoms with Crippen LogP contribution in [-0.4, -0.2) is 57.4 Å². The van der Waals surface area contributed by atoms with Gasteiger partial charge in [0.15, 0.2) is 0 Å². The van der Waals surface area contributed by atoms with Crippen molar-refractivity contribution in [2.45, 2.75) is 18.5 Å². The molecule has 0 bridgehead atoms. The van der Waals surface area contributed by atoms with Crippen molar-refractivity contribution in [3.05, 3.63) is 114 Å². The summed E-state index contributed by atoms with van der Waals surface area (Å²) in [6.45, 7) is 1.41. The molecule has 1 unspecified atom stereocenters. The highest BCUT2D eigenvalue weighted by Crippen LogP contribution is 2.33. The minimum Gasteiger partial charge on any atom is -0.481 e. The van der Waals surface area contributed by atoms with Gasteiger partial charge in [-0.15, -0.1) is 0 Å². The summed E-state index contributed by atoms with van der Waals surface area (Å²) in [5.41, 5.74) is 2.76. The van der Waals surface area contributed by atoms with Gasteiger partial charge >= 0.3 is 5.97 Å². The van der Waals surface area contributed by atoms with E-state index in [1.165, 1.54) is 0 Å². The number of amides is 1. The zero-order chi connectivity index (χ0) is 24.2. The number of carbonyl (C=O) groups is 2. The van der Waals surface area contributed by atoms with Crippen molar-refractivity contribution in [1.82, 2.24) is 14.8 Å². The molecular weight excluding hydrogens is 438 g/mol. The second-order valence-corrected chi connectivity index (χ2v) is 8.87. The molecule has 1 amide bonds. The second kappa shape index (κ2) is 10.1. The van der Waals surface area contributed by atoms with E-state index in [2.05, 4.69) is 34.1 Å². The number of fused-ring (bicyclic) bond motifs is 1. The number of pyridine rings is 1. The Bertz CT molecular complexity index is 1280. The molecule has 6 nitrogen and oxygen atoms in total. The molecule has 1 saturated heterocycles. The third-order valence-electron chi connectivity index (χ3n) is 6.69. The number of aliphatic carboxylic acids is 1. The van der Waals surface area contributed by atoms with Gasteiger partial charge in [-0.3, -0.25) is 19.5 Å². The molecular formula is C29H27N3O3. The molecule has 0 spiro atoms. The Morgan fingerprint density at radius 1 is 0.857 bits per heavy atom. The number of carboxylic acids is 1. The molecule has 1 N–H and O–H groups in total. The Hall–Kier alpha value is -4.03. The highest BCUT2D eigenvalue weighted by atomic mass is 16.4. The van der Waals surface area contributed by atoms with Crippen molar-refractivity contribution in [1.29, 1.82) is 0 Å². The quantitative estimate of drug-likeness (QED) is 0.450. The van der Waals surface area contributed by atoms with Gasteiger partial charge in [-0.05, 0) is 16.5 Å². The van der Waals surface area contributed by atoms with Crippen LogP contribution in [0.4, 0.5) is 0 Å². The molecule has 1 aliphatic heterocycles. The molecule has 0 radical (unpaired) electrons. The fourth-order valence-corrected chi connectivity index (χ4v) is 5.08. The van der Waals surface area contributed by atoms with Crippen LogP contribution in [0.5, 0.6) is 0 Å². The Morgan fingerprint density at radius 3 is 2.14 bits per heavy atom. The van der Waals surface area contributed by atoms with Crippen molar-refractivity contribution < 1.29 is 14.7 Å². The Morgan fingerprint density at radius 2 is 1.49 bits per heavy atom. The van der Waals surface area contributed by atoms with E-state index in [0.717, 1.165) is 21.9 Å². The lowest BCUT2D eigenvalue weighted by molar-refractivity contribution is -0.139. The van der Waals surface area contributed by atoms with Crippen molar-refractivity contribution >= 4 is 22.6 Å². The lowest BCUT2D eigenvalue weighted by Gasteiger charge is -2.45. The Labute approximate surface area is 204 Å². The first-order valence-electron chi connectivity index (χ1n) is 11.8. The standard InChI is InChI=1S/C29H27N3O3/c33-27(34)17-24-20-31(29(35)26-19-30-18-23-13-7-8-14-25(23)26)15-16-32(24)28(21-9-3-1-4-10-21)22-11-5-2-6-12-22/h1-14,18-19,24,28H,15-17,20H2,(H,33,34). The average molecular weight is 466 g/mol. The monoisotopic (exact) mass is 465 g/mol. The number of carboxylic acid groups (broad SMARTS) is 1. The summed E-state index contributed by atoms with van der Waals surface area (Å²) in [4.78, 5) is 33.8. The number of piperazine rings is 1. The summed E-state index contributed by atoms with van der Waals surface area (Å²) in [5, 5.41) is 11.5. The van der Waals surface area contributed by atoms with Gasteiger partial charge in [-0.25, -0.2) is 0 Å². The number of aromatic nitrogens is 1. The maximum Gasteiger partial charge on any atom is 0.305 e. The minimum absolute atomic E-state index is 0.0479. The predicted molar refractivity (Wildman–Crippen MR) is 135 cm³/mol. The van der Waals surface area contributed by atoms with Crippen LogP contribution in [0.3, 0.4) is 0 Å². The second-order valence-electron chi connectivity index (χ2n) is 8.87. The van der Waals surface area contributed by atoms with Gasteiger partial charge in [0.25, 0.3) is 5.91 Å². The number of rotatable bonds is 6. The van der Waals surface area contributed by atoms with Gasteiger partial charge in [0.1, 0.15) is 0 Å². The number of hydrogen-bond acceptors (Lipinski definition) is 4. The van der Waals surface area contributed by atoms with Crippen LogP contribution in [-0.2, 0) is 4.79 Å². The van der Waals surface area contributed by atoms with Gasteiger partial charge in [0, 0.05) is 43.5 Å². The summed E-state index contributed by atoms with van der Waals surface area (Å²) in [5.74, 6) is -0.985. The third kappa shape index (κ3) is 4.79. The molecule has 2 heterocycles.